The van der Waals surface area contributed by atoms with Gasteiger partial charge in [0.25, 0.3) is 0 Å². The van der Waals surface area contributed by atoms with Crippen LogP contribution in [0.25, 0.3) is 0 Å². The third-order valence-electron chi connectivity index (χ3n) is 4.98. The second-order valence-electron chi connectivity index (χ2n) is 6.93. The van der Waals surface area contributed by atoms with E-state index in [-0.39, 0.29) is 37.1 Å². The van der Waals surface area contributed by atoms with Crippen molar-refractivity contribution in [1.82, 2.24) is 5.32 Å². The summed E-state index contributed by atoms with van der Waals surface area (Å²) in [7, 11) is 0. The number of hydrogen-bond acceptors (Lipinski definition) is 3. The average Bonchev–Trinajstić information content (AvgIpc) is 2.69. The topological polar surface area (TPSA) is 52.6 Å². The van der Waals surface area contributed by atoms with E-state index in [1.165, 1.54) is 13.0 Å². The molecule has 0 heterocycles. The molecule has 5 nitrogen and oxygen atoms in total. The highest BCUT2D eigenvalue weighted by atomic mass is 19.1. The number of anilines is 2. The summed E-state index contributed by atoms with van der Waals surface area (Å²) in [5, 5.41) is 2.72. The van der Waals surface area contributed by atoms with Crippen LogP contribution in [0.3, 0.4) is 0 Å². The van der Waals surface area contributed by atoms with Gasteiger partial charge in [0.2, 0.25) is 11.8 Å². The first-order chi connectivity index (χ1) is 13.9. The van der Waals surface area contributed by atoms with Gasteiger partial charge in [-0.2, -0.15) is 0 Å². The number of rotatable bonds is 9. The molecule has 6 heteroatoms. The van der Waals surface area contributed by atoms with E-state index in [4.69, 9.17) is 0 Å². The van der Waals surface area contributed by atoms with Gasteiger partial charge in [-0.25, -0.2) is 4.39 Å². The lowest BCUT2D eigenvalue weighted by atomic mass is 10.1. The van der Waals surface area contributed by atoms with Crippen molar-refractivity contribution in [3.63, 3.8) is 0 Å². The highest BCUT2D eigenvalue weighted by molar-refractivity contribution is 5.93. The molecule has 1 N–H and O–H groups in total. The monoisotopic (exact) mass is 399 g/mol. The van der Waals surface area contributed by atoms with Crippen molar-refractivity contribution < 1.29 is 14.0 Å². The zero-order valence-electron chi connectivity index (χ0n) is 17.7. The number of aryl methyl sites for hydroxylation is 1. The largest absolute Gasteiger partial charge is 0.372 e. The number of benzene rings is 2. The molecule has 0 saturated carbocycles. The van der Waals surface area contributed by atoms with Crippen molar-refractivity contribution in [3.8, 4) is 0 Å². The number of amides is 2. The van der Waals surface area contributed by atoms with Gasteiger partial charge in [0.05, 0.1) is 0 Å². The fourth-order valence-electron chi connectivity index (χ4n) is 3.31. The molecule has 0 aromatic heterocycles. The third kappa shape index (κ3) is 6.04. The number of nitrogens with one attached hydrogen (secondary N) is 1. The second-order valence-corrected chi connectivity index (χ2v) is 6.93. The highest BCUT2D eigenvalue weighted by Crippen LogP contribution is 2.26. The standard InChI is InChI=1S/C23H30FN3O2/c1-5-26(6-2)20-11-12-22(17(3)15-20)27(18(4)28)14-13-23(29)25-16-19-9-7-8-10-21(19)24/h7-12,15H,5-6,13-14,16H2,1-4H3,(H,25,29). The van der Waals surface area contributed by atoms with Crippen LogP contribution in [0.4, 0.5) is 15.8 Å². The van der Waals surface area contributed by atoms with E-state index < -0.39 is 0 Å². The predicted molar refractivity (Wildman–Crippen MR) is 116 cm³/mol. The van der Waals surface area contributed by atoms with Crippen molar-refractivity contribution in [2.24, 2.45) is 0 Å². The van der Waals surface area contributed by atoms with Gasteiger partial charge in [0, 0.05) is 56.5 Å². The zero-order valence-corrected chi connectivity index (χ0v) is 17.7. The van der Waals surface area contributed by atoms with Gasteiger partial charge in [0.15, 0.2) is 0 Å². The Balaban J connectivity index is 2.02. The minimum Gasteiger partial charge on any atom is -0.372 e. The van der Waals surface area contributed by atoms with E-state index in [0.29, 0.717) is 5.56 Å². The maximum Gasteiger partial charge on any atom is 0.223 e. The average molecular weight is 400 g/mol. The molecular weight excluding hydrogens is 369 g/mol. The van der Waals surface area contributed by atoms with Crippen molar-refractivity contribution in [2.45, 2.75) is 40.7 Å². The summed E-state index contributed by atoms with van der Waals surface area (Å²) in [6.07, 6.45) is 0.144. The van der Waals surface area contributed by atoms with Crippen molar-refractivity contribution in [2.75, 3.05) is 29.4 Å². The Hall–Kier alpha value is -2.89. The van der Waals surface area contributed by atoms with Crippen LogP contribution in [0.2, 0.25) is 0 Å². The molecule has 2 aromatic carbocycles. The van der Waals surface area contributed by atoms with Crippen LogP contribution in [0.15, 0.2) is 42.5 Å². The summed E-state index contributed by atoms with van der Waals surface area (Å²) in [5.41, 5.74) is 3.33. The smallest absolute Gasteiger partial charge is 0.223 e. The first-order valence-electron chi connectivity index (χ1n) is 10.0. The van der Waals surface area contributed by atoms with Gasteiger partial charge < -0.3 is 15.1 Å². The van der Waals surface area contributed by atoms with E-state index in [2.05, 4.69) is 30.1 Å². The second kappa shape index (κ2) is 10.6. The van der Waals surface area contributed by atoms with Crippen LogP contribution in [0.1, 0.15) is 38.3 Å². The van der Waals surface area contributed by atoms with Gasteiger partial charge in [-0.15, -0.1) is 0 Å². The van der Waals surface area contributed by atoms with Gasteiger partial charge >= 0.3 is 0 Å². The molecule has 0 aliphatic rings. The van der Waals surface area contributed by atoms with Crippen LogP contribution < -0.4 is 15.1 Å². The summed E-state index contributed by atoms with van der Waals surface area (Å²) >= 11 is 0. The lowest BCUT2D eigenvalue weighted by molar-refractivity contribution is -0.121. The molecule has 0 fully saturated rings. The third-order valence-corrected chi connectivity index (χ3v) is 4.98. The summed E-state index contributed by atoms with van der Waals surface area (Å²) in [6.45, 7) is 9.89. The molecule has 0 aliphatic carbocycles. The SMILES string of the molecule is CCN(CC)c1ccc(N(CCC(=O)NCc2ccccc2F)C(C)=O)c(C)c1. The molecule has 0 saturated heterocycles. The minimum absolute atomic E-state index is 0.120. The first kappa shape index (κ1) is 22.4. The number of carbonyl (C=O) groups excluding carboxylic acids is 2. The Kier molecular flexibility index (Phi) is 8.19. The molecule has 2 amide bonds. The fourth-order valence-corrected chi connectivity index (χ4v) is 3.31. The Morgan fingerprint density at radius 2 is 1.76 bits per heavy atom. The zero-order chi connectivity index (χ0) is 21.4. The minimum atomic E-state index is -0.345. The van der Waals surface area contributed by atoms with Crippen molar-refractivity contribution >= 4 is 23.2 Å². The predicted octanol–water partition coefficient (Wildman–Crippen LogP) is 4.04. The molecule has 0 aliphatic heterocycles. The maximum atomic E-state index is 13.7. The number of carbonyl (C=O) groups is 2. The molecule has 0 spiro atoms. The van der Waals surface area contributed by atoms with Crippen LogP contribution in [-0.2, 0) is 16.1 Å². The Morgan fingerprint density at radius 3 is 2.34 bits per heavy atom. The molecule has 2 aromatic rings. The summed E-state index contributed by atoms with van der Waals surface area (Å²) < 4.78 is 13.7. The molecule has 29 heavy (non-hydrogen) atoms. The van der Waals surface area contributed by atoms with Gasteiger partial charge in [-0.3, -0.25) is 9.59 Å². The molecule has 0 radical (unpaired) electrons. The van der Waals surface area contributed by atoms with E-state index >= 15 is 0 Å². The Morgan fingerprint density at radius 1 is 1.07 bits per heavy atom. The Labute approximate surface area is 172 Å². The molecule has 0 atom stereocenters. The lowest BCUT2D eigenvalue weighted by Crippen LogP contribution is -2.34. The molecule has 0 unspecified atom stereocenters. The first-order valence-corrected chi connectivity index (χ1v) is 10.0. The Bertz CT molecular complexity index is 850. The normalized spacial score (nSPS) is 10.5. The number of halogens is 1. The molecule has 156 valence electrons. The maximum absolute atomic E-state index is 13.7. The highest BCUT2D eigenvalue weighted by Gasteiger charge is 2.16. The summed E-state index contributed by atoms with van der Waals surface area (Å²) in [5.74, 6) is -0.690. The summed E-state index contributed by atoms with van der Waals surface area (Å²) in [4.78, 5) is 28.3. The van der Waals surface area contributed by atoms with E-state index in [1.807, 2.05) is 19.1 Å². The fraction of sp³-hybridized carbons (Fsp3) is 0.391. The quantitative estimate of drug-likeness (QED) is 0.692. The molecule has 0 bridgehead atoms. The van der Waals surface area contributed by atoms with Gasteiger partial charge in [-0.05, 0) is 50.6 Å². The van der Waals surface area contributed by atoms with Crippen LogP contribution in [0.5, 0.6) is 0 Å². The van der Waals surface area contributed by atoms with Gasteiger partial charge in [-0.1, -0.05) is 18.2 Å². The van der Waals surface area contributed by atoms with Crippen molar-refractivity contribution in [3.05, 3.63) is 59.4 Å². The van der Waals surface area contributed by atoms with Crippen LogP contribution in [-0.4, -0.2) is 31.4 Å². The van der Waals surface area contributed by atoms with E-state index in [1.54, 1.807) is 23.1 Å². The number of nitrogens with zero attached hydrogens (tertiary/aromatic N) is 2. The van der Waals surface area contributed by atoms with E-state index in [9.17, 15) is 14.0 Å². The lowest BCUT2D eigenvalue weighted by Gasteiger charge is -2.26. The van der Waals surface area contributed by atoms with Crippen LogP contribution >= 0.6 is 0 Å². The molecular formula is C23H30FN3O2. The van der Waals surface area contributed by atoms with Crippen molar-refractivity contribution in [1.29, 1.82) is 0 Å². The summed E-state index contributed by atoms with van der Waals surface area (Å²) in [6, 6.07) is 12.3. The molecule has 2 rings (SSSR count). The number of hydrogen-bond donors (Lipinski definition) is 1. The van der Waals surface area contributed by atoms with E-state index in [0.717, 1.165) is 30.0 Å². The van der Waals surface area contributed by atoms with Gasteiger partial charge in [0.1, 0.15) is 5.82 Å². The van der Waals surface area contributed by atoms with Crippen LogP contribution in [0, 0.1) is 12.7 Å².